The van der Waals surface area contributed by atoms with E-state index in [2.05, 4.69) is 15.3 Å². The zero-order valence-corrected chi connectivity index (χ0v) is 15.4. The summed E-state index contributed by atoms with van der Waals surface area (Å²) in [5.74, 6) is 0.517. The quantitative estimate of drug-likeness (QED) is 0.820. The van der Waals surface area contributed by atoms with Crippen molar-refractivity contribution in [3.8, 4) is 0 Å². The molecular formula is C19H23F3N4O. The van der Waals surface area contributed by atoms with Crippen LogP contribution < -0.4 is 5.32 Å². The van der Waals surface area contributed by atoms with Crippen LogP contribution in [0.5, 0.6) is 0 Å². The van der Waals surface area contributed by atoms with Gasteiger partial charge in [0.1, 0.15) is 17.7 Å². The van der Waals surface area contributed by atoms with Crippen molar-refractivity contribution >= 4 is 11.7 Å². The molecule has 1 amide bonds. The van der Waals surface area contributed by atoms with Crippen LogP contribution in [0.4, 0.5) is 19.0 Å². The van der Waals surface area contributed by atoms with Gasteiger partial charge in [-0.15, -0.1) is 0 Å². The maximum absolute atomic E-state index is 13.0. The molecule has 1 aliphatic rings. The number of imidazole rings is 1. The summed E-state index contributed by atoms with van der Waals surface area (Å²) in [6.07, 6.45) is 2.70. The predicted molar refractivity (Wildman–Crippen MR) is 95.2 cm³/mol. The van der Waals surface area contributed by atoms with Gasteiger partial charge in [-0.25, -0.2) is 9.97 Å². The zero-order chi connectivity index (χ0) is 19.6. The van der Waals surface area contributed by atoms with E-state index in [0.29, 0.717) is 18.2 Å². The normalized spacial score (nSPS) is 16.5. The number of aromatic nitrogens is 3. The number of rotatable bonds is 5. The highest BCUT2D eigenvalue weighted by molar-refractivity contribution is 5.93. The van der Waals surface area contributed by atoms with Crippen LogP contribution in [0.25, 0.3) is 0 Å². The first-order valence-corrected chi connectivity index (χ1v) is 9.10. The number of pyridine rings is 1. The van der Waals surface area contributed by atoms with Crippen LogP contribution in [0.1, 0.15) is 55.2 Å². The van der Waals surface area contributed by atoms with Crippen LogP contribution in [-0.4, -0.2) is 20.4 Å². The largest absolute Gasteiger partial charge is 0.434 e. The van der Waals surface area contributed by atoms with E-state index in [0.717, 1.165) is 37.4 Å². The number of carbonyl (C=O) groups is 1. The first kappa shape index (κ1) is 19.4. The Morgan fingerprint density at radius 2 is 2.00 bits per heavy atom. The third-order valence-corrected chi connectivity index (χ3v) is 5.04. The van der Waals surface area contributed by atoms with Crippen molar-refractivity contribution < 1.29 is 18.0 Å². The standard InChI is InChI=1S/C19H23F3N4O/c1-12-7-8-17(23-10-12)25-18(27)15(9-14-5-3-4-6-14)26-11-16(19(20,21)22)24-13(26)2/h7-8,10-11,14-15H,3-6,9H2,1-2H3,(H,23,25,27). The van der Waals surface area contributed by atoms with Crippen molar-refractivity contribution in [2.24, 2.45) is 5.92 Å². The Labute approximate surface area is 156 Å². The molecule has 1 unspecified atom stereocenters. The summed E-state index contributed by atoms with van der Waals surface area (Å²) in [5.41, 5.74) is -0.0199. The minimum atomic E-state index is -4.54. The lowest BCUT2D eigenvalue weighted by Crippen LogP contribution is -2.28. The highest BCUT2D eigenvalue weighted by atomic mass is 19.4. The molecule has 3 rings (SSSR count). The third-order valence-electron chi connectivity index (χ3n) is 5.04. The Morgan fingerprint density at radius 1 is 1.30 bits per heavy atom. The topological polar surface area (TPSA) is 59.8 Å². The molecule has 8 heteroatoms. The number of hydrogen-bond acceptors (Lipinski definition) is 3. The SMILES string of the molecule is Cc1ccc(NC(=O)C(CC2CCCC2)n2cc(C(F)(F)F)nc2C)nc1. The highest BCUT2D eigenvalue weighted by Gasteiger charge is 2.36. The Morgan fingerprint density at radius 3 is 2.56 bits per heavy atom. The average Bonchev–Trinajstić information content (AvgIpc) is 3.24. The number of aryl methyl sites for hydroxylation is 2. The monoisotopic (exact) mass is 380 g/mol. The van der Waals surface area contributed by atoms with Crippen LogP contribution in [0.3, 0.4) is 0 Å². The fourth-order valence-corrected chi connectivity index (χ4v) is 3.60. The summed E-state index contributed by atoms with van der Waals surface area (Å²) >= 11 is 0. The third kappa shape index (κ3) is 4.67. The van der Waals surface area contributed by atoms with E-state index in [-0.39, 0.29) is 11.7 Å². The van der Waals surface area contributed by atoms with E-state index in [4.69, 9.17) is 0 Å². The molecule has 1 aliphatic carbocycles. The fourth-order valence-electron chi connectivity index (χ4n) is 3.60. The van der Waals surface area contributed by atoms with Crippen LogP contribution in [0.2, 0.25) is 0 Å². The maximum Gasteiger partial charge on any atom is 0.434 e. The molecule has 2 heterocycles. The van der Waals surface area contributed by atoms with E-state index in [9.17, 15) is 18.0 Å². The van der Waals surface area contributed by atoms with Gasteiger partial charge >= 0.3 is 6.18 Å². The number of amides is 1. The van der Waals surface area contributed by atoms with Crippen LogP contribution in [0.15, 0.2) is 24.5 Å². The van der Waals surface area contributed by atoms with Gasteiger partial charge in [0, 0.05) is 12.4 Å². The van der Waals surface area contributed by atoms with Gasteiger partial charge in [0.05, 0.1) is 0 Å². The first-order chi connectivity index (χ1) is 12.7. The predicted octanol–water partition coefficient (Wildman–Crippen LogP) is 4.67. The van der Waals surface area contributed by atoms with Crippen LogP contribution in [-0.2, 0) is 11.0 Å². The number of alkyl halides is 3. The van der Waals surface area contributed by atoms with Crippen LogP contribution >= 0.6 is 0 Å². The van der Waals surface area contributed by atoms with Crippen molar-refractivity contribution in [3.63, 3.8) is 0 Å². The zero-order valence-electron chi connectivity index (χ0n) is 15.4. The second kappa shape index (κ2) is 7.70. The molecule has 0 bridgehead atoms. The van der Waals surface area contributed by atoms with Crippen molar-refractivity contribution in [1.82, 2.24) is 14.5 Å². The van der Waals surface area contributed by atoms with E-state index in [1.165, 1.54) is 11.5 Å². The lowest BCUT2D eigenvalue weighted by molar-refractivity contribution is -0.141. The Hall–Kier alpha value is -2.38. The van der Waals surface area contributed by atoms with E-state index in [1.807, 2.05) is 13.0 Å². The van der Waals surface area contributed by atoms with Gasteiger partial charge in [0.2, 0.25) is 5.91 Å². The lowest BCUT2D eigenvalue weighted by atomic mass is 9.97. The van der Waals surface area contributed by atoms with E-state index >= 15 is 0 Å². The molecule has 0 saturated heterocycles. The van der Waals surface area contributed by atoms with Gasteiger partial charge < -0.3 is 9.88 Å². The number of anilines is 1. The molecule has 2 aromatic rings. The smallest absolute Gasteiger partial charge is 0.322 e. The highest BCUT2D eigenvalue weighted by Crippen LogP contribution is 2.35. The summed E-state index contributed by atoms with van der Waals surface area (Å²) in [6, 6.07) is 2.75. The molecular weight excluding hydrogens is 357 g/mol. The number of carbonyl (C=O) groups excluding carboxylic acids is 1. The molecule has 27 heavy (non-hydrogen) atoms. The minimum absolute atomic E-state index is 0.178. The number of nitrogens with one attached hydrogen (secondary N) is 1. The molecule has 0 radical (unpaired) electrons. The van der Waals surface area contributed by atoms with E-state index in [1.54, 1.807) is 12.3 Å². The fraction of sp³-hybridized carbons (Fsp3) is 0.526. The molecule has 5 nitrogen and oxygen atoms in total. The Bertz CT molecular complexity index is 792. The molecule has 146 valence electrons. The molecule has 1 saturated carbocycles. The first-order valence-electron chi connectivity index (χ1n) is 9.10. The Balaban J connectivity index is 1.87. The van der Waals surface area contributed by atoms with Gasteiger partial charge in [0.15, 0.2) is 5.69 Å². The minimum Gasteiger partial charge on any atom is -0.322 e. The van der Waals surface area contributed by atoms with Crippen molar-refractivity contribution in [2.45, 2.75) is 58.2 Å². The Kier molecular flexibility index (Phi) is 5.53. The average molecular weight is 380 g/mol. The summed E-state index contributed by atoms with van der Waals surface area (Å²) in [7, 11) is 0. The maximum atomic E-state index is 13.0. The van der Waals surface area contributed by atoms with Gasteiger partial charge in [0.25, 0.3) is 0 Å². The summed E-state index contributed by atoms with van der Waals surface area (Å²) in [6.45, 7) is 3.38. The number of halogens is 3. The molecule has 0 aliphatic heterocycles. The van der Waals surface area contributed by atoms with Gasteiger partial charge in [-0.2, -0.15) is 13.2 Å². The van der Waals surface area contributed by atoms with Crippen molar-refractivity contribution in [2.75, 3.05) is 5.32 Å². The van der Waals surface area contributed by atoms with E-state index < -0.39 is 17.9 Å². The number of nitrogens with zero attached hydrogens (tertiary/aromatic N) is 3. The lowest BCUT2D eigenvalue weighted by Gasteiger charge is -2.22. The van der Waals surface area contributed by atoms with Gasteiger partial charge in [-0.3, -0.25) is 4.79 Å². The molecule has 2 aromatic heterocycles. The second-order valence-corrected chi connectivity index (χ2v) is 7.19. The van der Waals surface area contributed by atoms with Gasteiger partial charge in [-0.1, -0.05) is 31.7 Å². The molecule has 0 aromatic carbocycles. The molecule has 1 N–H and O–H groups in total. The number of hydrogen-bond donors (Lipinski definition) is 1. The molecule has 1 fully saturated rings. The summed E-state index contributed by atoms with van der Waals surface area (Å²) < 4.78 is 40.5. The summed E-state index contributed by atoms with van der Waals surface area (Å²) in [5, 5.41) is 2.74. The van der Waals surface area contributed by atoms with Gasteiger partial charge in [-0.05, 0) is 37.8 Å². The summed E-state index contributed by atoms with van der Waals surface area (Å²) in [4.78, 5) is 20.7. The molecule has 1 atom stereocenters. The van der Waals surface area contributed by atoms with Crippen molar-refractivity contribution in [1.29, 1.82) is 0 Å². The van der Waals surface area contributed by atoms with Crippen molar-refractivity contribution in [3.05, 3.63) is 41.6 Å². The second-order valence-electron chi connectivity index (χ2n) is 7.19. The van der Waals surface area contributed by atoms with Crippen LogP contribution in [0, 0.1) is 19.8 Å². The molecule has 0 spiro atoms.